The number of carbonyl (C=O) groups is 1. The summed E-state index contributed by atoms with van der Waals surface area (Å²) in [5, 5.41) is 5.83. The van der Waals surface area contributed by atoms with Crippen LogP contribution in [0.3, 0.4) is 0 Å². The third kappa shape index (κ3) is 2.51. The van der Waals surface area contributed by atoms with Crippen molar-refractivity contribution in [3.63, 3.8) is 0 Å². The minimum atomic E-state index is -2.90. The highest BCUT2D eigenvalue weighted by atomic mass is 32.2. The Bertz CT molecular complexity index is 687. The molecule has 1 amide bonds. The molecule has 0 aliphatic carbocycles. The van der Waals surface area contributed by atoms with Crippen LogP contribution in [0.5, 0.6) is 0 Å². The molecule has 2 aliphatic heterocycles. The van der Waals surface area contributed by atoms with Crippen LogP contribution in [0, 0.1) is 0 Å². The van der Waals surface area contributed by atoms with E-state index in [2.05, 4.69) is 10.6 Å². The topological polar surface area (TPSA) is 78.5 Å². The first kappa shape index (κ1) is 14.3. The monoisotopic (exact) mass is 309 g/mol. The largest absolute Gasteiger partial charge is 0.370 e. The van der Waals surface area contributed by atoms with Gasteiger partial charge >= 0.3 is 0 Å². The number of anilines is 2. The number of fused-ring (bicyclic) bond motifs is 1. The number of likely N-dealkylation sites (N-methyl/N-ethyl adjacent to an activating group) is 1. The molecule has 1 aromatic rings. The maximum atomic E-state index is 11.8. The van der Waals surface area contributed by atoms with Gasteiger partial charge in [-0.25, -0.2) is 8.42 Å². The Kier molecular flexibility index (Phi) is 3.41. The highest BCUT2D eigenvalue weighted by Crippen LogP contribution is 2.34. The molecule has 21 heavy (non-hydrogen) atoms. The van der Waals surface area contributed by atoms with Crippen molar-refractivity contribution >= 4 is 27.1 Å². The summed E-state index contributed by atoms with van der Waals surface area (Å²) >= 11 is 0. The molecule has 0 bridgehead atoms. The fraction of sp³-hybridized carbons (Fsp3) is 0.500. The number of nitrogens with zero attached hydrogens (tertiary/aromatic N) is 1. The van der Waals surface area contributed by atoms with E-state index in [0.29, 0.717) is 6.42 Å². The lowest BCUT2D eigenvalue weighted by atomic mass is 10.1. The van der Waals surface area contributed by atoms with Gasteiger partial charge in [0.05, 0.1) is 11.5 Å². The number of sulfone groups is 1. The Labute approximate surface area is 124 Å². The van der Waals surface area contributed by atoms with Gasteiger partial charge in [0.1, 0.15) is 6.04 Å². The van der Waals surface area contributed by atoms with Gasteiger partial charge in [-0.05, 0) is 25.6 Å². The molecule has 3 rings (SSSR count). The highest BCUT2D eigenvalue weighted by Gasteiger charge is 2.33. The summed E-state index contributed by atoms with van der Waals surface area (Å²) < 4.78 is 23.2. The zero-order chi connectivity index (χ0) is 15.2. The van der Waals surface area contributed by atoms with Gasteiger partial charge in [-0.3, -0.25) is 4.79 Å². The Balaban J connectivity index is 1.85. The van der Waals surface area contributed by atoms with Crippen molar-refractivity contribution in [1.82, 2.24) is 5.32 Å². The van der Waals surface area contributed by atoms with Crippen LogP contribution in [0.1, 0.15) is 18.0 Å². The second-order valence-electron chi connectivity index (χ2n) is 5.65. The summed E-state index contributed by atoms with van der Waals surface area (Å²) in [4.78, 5) is 13.8. The van der Waals surface area contributed by atoms with E-state index in [1.807, 2.05) is 30.1 Å². The van der Waals surface area contributed by atoms with E-state index in [9.17, 15) is 13.2 Å². The lowest BCUT2D eigenvalue weighted by Crippen LogP contribution is -2.32. The molecule has 2 aliphatic rings. The molecule has 114 valence electrons. The van der Waals surface area contributed by atoms with Gasteiger partial charge in [0.25, 0.3) is 0 Å². The molecular formula is C14H19N3O3S. The van der Waals surface area contributed by atoms with E-state index in [4.69, 9.17) is 0 Å². The summed E-state index contributed by atoms with van der Waals surface area (Å²) in [6.07, 6.45) is 0.654. The van der Waals surface area contributed by atoms with E-state index in [-0.39, 0.29) is 29.5 Å². The molecule has 0 saturated carbocycles. The van der Waals surface area contributed by atoms with E-state index < -0.39 is 9.84 Å². The van der Waals surface area contributed by atoms with Crippen LogP contribution in [0.4, 0.5) is 11.4 Å². The van der Waals surface area contributed by atoms with Crippen molar-refractivity contribution in [2.24, 2.45) is 0 Å². The van der Waals surface area contributed by atoms with Gasteiger partial charge in [-0.15, -0.1) is 0 Å². The van der Waals surface area contributed by atoms with Crippen LogP contribution in [0.15, 0.2) is 18.2 Å². The maximum Gasteiger partial charge on any atom is 0.246 e. The van der Waals surface area contributed by atoms with Crippen molar-refractivity contribution < 1.29 is 13.2 Å². The van der Waals surface area contributed by atoms with E-state index in [1.165, 1.54) is 0 Å². The minimum absolute atomic E-state index is 0.00486. The number of rotatable bonds is 3. The van der Waals surface area contributed by atoms with Gasteiger partial charge in [-0.1, -0.05) is 6.07 Å². The predicted molar refractivity (Wildman–Crippen MR) is 82.3 cm³/mol. The van der Waals surface area contributed by atoms with Gasteiger partial charge in [-0.2, -0.15) is 0 Å². The fourth-order valence-corrected chi connectivity index (χ4v) is 4.82. The van der Waals surface area contributed by atoms with Gasteiger partial charge in [0, 0.05) is 30.0 Å². The van der Waals surface area contributed by atoms with Crippen LogP contribution in [-0.2, 0) is 14.6 Å². The Morgan fingerprint density at radius 1 is 1.38 bits per heavy atom. The second-order valence-corrected chi connectivity index (χ2v) is 7.88. The van der Waals surface area contributed by atoms with Gasteiger partial charge in [0.2, 0.25) is 5.91 Å². The van der Waals surface area contributed by atoms with E-state index in [1.54, 1.807) is 7.05 Å². The number of benzene rings is 1. The molecule has 0 aromatic heterocycles. The maximum absolute atomic E-state index is 11.8. The van der Waals surface area contributed by atoms with Crippen LogP contribution in [-0.4, -0.2) is 46.0 Å². The van der Waals surface area contributed by atoms with Crippen molar-refractivity contribution in [2.45, 2.75) is 18.5 Å². The fourth-order valence-electron chi connectivity index (χ4n) is 3.05. The third-order valence-corrected chi connectivity index (χ3v) is 6.07. The summed E-state index contributed by atoms with van der Waals surface area (Å²) in [5.41, 5.74) is 2.65. The third-order valence-electron chi connectivity index (χ3n) is 4.32. The lowest BCUT2D eigenvalue weighted by molar-refractivity contribution is -0.117. The highest BCUT2D eigenvalue weighted by molar-refractivity contribution is 7.91. The Morgan fingerprint density at radius 3 is 2.76 bits per heavy atom. The van der Waals surface area contributed by atoms with Crippen LogP contribution in [0.25, 0.3) is 0 Å². The predicted octanol–water partition coefficient (Wildman–Crippen LogP) is 0.523. The smallest absolute Gasteiger partial charge is 0.246 e. The Hall–Kier alpha value is -1.60. The number of hydrogen-bond acceptors (Lipinski definition) is 5. The molecule has 2 unspecified atom stereocenters. The van der Waals surface area contributed by atoms with Crippen LogP contribution >= 0.6 is 0 Å². The molecule has 1 fully saturated rings. The number of nitrogens with one attached hydrogen (secondary N) is 2. The van der Waals surface area contributed by atoms with Crippen molar-refractivity contribution in [1.29, 1.82) is 0 Å². The molecule has 2 heterocycles. The zero-order valence-corrected chi connectivity index (χ0v) is 12.9. The number of amides is 1. The first-order chi connectivity index (χ1) is 9.91. The van der Waals surface area contributed by atoms with Crippen molar-refractivity contribution in [3.05, 3.63) is 23.8 Å². The van der Waals surface area contributed by atoms with Crippen LogP contribution in [0.2, 0.25) is 0 Å². The van der Waals surface area contributed by atoms with Gasteiger partial charge in [0.15, 0.2) is 9.84 Å². The van der Waals surface area contributed by atoms with E-state index in [0.717, 1.165) is 16.9 Å². The molecule has 7 heteroatoms. The summed E-state index contributed by atoms with van der Waals surface area (Å²) in [6.45, 7) is 0. The SMILES string of the molecule is CNC1C(=O)Nc2cc(N(C)C3CCS(=O)(=O)C3)ccc21. The second kappa shape index (κ2) is 4.99. The van der Waals surface area contributed by atoms with E-state index >= 15 is 0 Å². The summed E-state index contributed by atoms with van der Waals surface area (Å²) in [7, 11) is 0.752. The first-order valence-corrected chi connectivity index (χ1v) is 8.79. The lowest BCUT2D eigenvalue weighted by Gasteiger charge is -2.26. The van der Waals surface area contributed by atoms with Gasteiger partial charge < -0.3 is 15.5 Å². The molecule has 0 radical (unpaired) electrons. The summed E-state index contributed by atoms with van der Waals surface area (Å²) in [5.74, 6) is 0.396. The zero-order valence-electron chi connectivity index (χ0n) is 12.1. The molecule has 6 nitrogen and oxygen atoms in total. The average molecular weight is 309 g/mol. The molecule has 1 saturated heterocycles. The standard InChI is InChI=1S/C14H19N3O3S/c1-15-13-11-4-3-9(7-12(11)16-14(13)18)17(2)10-5-6-21(19,20)8-10/h3-4,7,10,13,15H,5-6,8H2,1-2H3,(H,16,18). The summed E-state index contributed by atoms with van der Waals surface area (Å²) in [6, 6.07) is 5.46. The van der Waals surface area contributed by atoms with Crippen LogP contribution < -0.4 is 15.5 Å². The van der Waals surface area contributed by atoms with Crippen molar-refractivity contribution in [3.8, 4) is 0 Å². The quantitative estimate of drug-likeness (QED) is 0.851. The molecule has 1 aromatic carbocycles. The number of hydrogen-bond donors (Lipinski definition) is 2. The minimum Gasteiger partial charge on any atom is -0.370 e. The molecule has 0 spiro atoms. The molecule has 2 atom stereocenters. The molecular weight excluding hydrogens is 290 g/mol. The first-order valence-electron chi connectivity index (χ1n) is 6.96. The normalized spacial score (nSPS) is 26.5. The van der Waals surface area contributed by atoms with Crippen molar-refractivity contribution in [2.75, 3.05) is 35.8 Å². The number of carbonyl (C=O) groups excluding carboxylic acids is 1. The average Bonchev–Trinajstić information content (AvgIpc) is 2.95. The Morgan fingerprint density at radius 2 is 2.14 bits per heavy atom. The molecule has 2 N–H and O–H groups in total.